The lowest BCUT2D eigenvalue weighted by atomic mass is 9.69. The summed E-state index contributed by atoms with van der Waals surface area (Å²) in [7, 11) is 1.73. The summed E-state index contributed by atoms with van der Waals surface area (Å²) in [5.41, 5.74) is 1.83. The van der Waals surface area contributed by atoms with Gasteiger partial charge in [0.05, 0.1) is 7.11 Å². The largest absolute Gasteiger partial charge is 0.497 e. The van der Waals surface area contributed by atoms with Crippen LogP contribution < -0.4 is 10.1 Å². The van der Waals surface area contributed by atoms with E-state index < -0.39 is 0 Å². The first kappa shape index (κ1) is 14.4. The minimum absolute atomic E-state index is 0.347. The van der Waals surface area contributed by atoms with Crippen LogP contribution >= 0.6 is 0 Å². The minimum atomic E-state index is 0.347. The van der Waals surface area contributed by atoms with Gasteiger partial charge in [0.1, 0.15) is 5.75 Å². The molecule has 0 bridgehead atoms. The summed E-state index contributed by atoms with van der Waals surface area (Å²) in [5.74, 6) is 0.955. The Morgan fingerprint density at radius 2 is 1.79 bits per heavy atom. The van der Waals surface area contributed by atoms with E-state index in [1.165, 1.54) is 44.1 Å². The number of nitrogens with one attached hydrogen (secondary N) is 1. The molecule has 1 aromatic carbocycles. The van der Waals surface area contributed by atoms with Crippen LogP contribution in [0.15, 0.2) is 24.3 Å². The average Bonchev–Trinajstić information content (AvgIpc) is 2.49. The Balaban J connectivity index is 2.14. The first-order valence-electron chi connectivity index (χ1n) is 7.66. The van der Waals surface area contributed by atoms with Crippen LogP contribution in [0.5, 0.6) is 5.75 Å². The number of methoxy groups -OCH3 is 1. The molecule has 0 aromatic heterocycles. The van der Waals surface area contributed by atoms with Crippen LogP contribution in [0.2, 0.25) is 0 Å². The maximum absolute atomic E-state index is 5.27. The predicted octanol–water partition coefficient (Wildman–Crippen LogP) is 3.90. The number of rotatable bonds is 6. The number of hydrogen-bond acceptors (Lipinski definition) is 2. The van der Waals surface area contributed by atoms with Crippen molar-refractivity contribution in [2.75, 3.05) is 20.2 Å². The molecule has 2 nitrogen and oxygen atoms in total. The monoisotopic (exact) mass is 261 g/mol. The zero-order valence-corrected chi connectivity index (χ0v) is 12.4. The Bertz CT molecular complexity index is 365. The van der Waals surface area contributed by atoms with Crippen molar-refractivity contribution in [2.45, 2.75) is 50.9 Å². The third-order valence-corrected chi connectivity index (χ3v) is 4.40. The van der Waals surface area contributed by atoms with Gasteiger partial charge in [-0.25, -0.2) is 0 Å². The van der Waals surface area contributed by atoms with Gasteiger partial charge in [0.2, 0.25) is 0 Å². The Hall–Kier alpha value is -1.02. The summed E-state index contributed by atoms with van der Waals surface area (Å²) in [6.45, 7) is 4.47. The van der Waals surface area contributed by atoms with Crippen LogP contribution in [0.3, 0.4) is 0 Å². The number of ether oxygens (including phenoxy) is 1. The van der Waals surface area contributed by atoms with Gasteiger partial charge in [-0.3, -0.25) is 0 Å². The van der Waals surface area contributed by atoms with Crippen molar-refractivity contribution < 1.29 is 4.74 Å². The van der Waals surface area contributed by atoms with E-state index in [-0.39, 0.29) is 0 Å². The van der Waals surface area contributed by atoms with E-state index in [2.05, 4.69) is 36.5 Å². The fourth-order valence-electron chi connectivity index (χ4n) is 3.25. The molecule has 2 rings (SSSR count). The highest BCUT2D eigenvalue weighted by atomic mass is 16.5. The van der Waals surface area contributed by atoms with E-state index in [1.807, 2.05) is 0 Å². The molecule has 2 heteroatoms. The molecule has 1 aliphatic carbocycles. The fraction of sp³-hybridized carbons (Fsp3) is 0.647. The smallest absolute Gasteiger partial charge is 0.118 e. The van der Waals surface area contributed by atoms with Crippen LogP contribution in [-0.2, 0) is 5.41 Å². The van der Waals surface area contributed by atoms with Crippen molar-refractivity contribution in [3.63, 3.8) is 0 Å². The molecule has 0 amide bonds. The maximum atomic E-state index is 5.27. The second kappa shape index (κ2) is 6.95. The first-order valence-corrected chi connectivity index (χ1v) is 7.66. The van der Waals surface area contributed by atoms with E-state index in [1.54, 1.807) is 7.11 Å². The summed E-state index contributed by atoms with van der Waals surface area (Å²) >= 11 is 0. The molecule has 1 aliphatic rings. The van der Waals surface area contributed by atoms with Crippen molar-refractivity contribution >= 4 is 0 Å². The van der Waals surface area contributed by atoms with Gasteiger partial charge in [-0.05, 0) is 43.5 Å². The highest BCUT2D eigenvalue weighted by molar-refractivity contribution is 5.33. The van der Waals surface area contributed by atoms with Crippen molar-refractivity contribution in [3.8, 4) is 5.75 Å². The van der Waals surface area contributed by atoms with Gasteiger partial charge in [-0.15, -0.1) is 0 Å². The van der Waals surface area contributed by atoms with Crippen LogP contribution in [0.4, 0.5) is 0 Å². The van der Waals surface area contributed by atoms with Crippen molar-refractivity contribution in [1.29, 1.82) is 0 Å². The third-order valence-electron chi connectivity index (χ3n) is 4.40. The van der Waals surface area contributed by atoms with Crippen molar-refractivity contribution in [3.05, 3.63) is 29.8 Å². The average molecular weight is 261 g/mol. The molecule has 106 valence electrons. The molecule has 0 spiro atoms. The zero-order valence-electron chi connectivity index (χ0n) is 12.4. The molecule has 0 aliphatic heterocycles. The lowest BCUT2D eigenvalue weighted by Crippen LogP contribution is -2.40. The van der Waals surface area contributed by atoms with Crippen molar-refractivity contribution in [2.24, 2.45) is 0 Å². The summed E-state index contributed by atoms with van der Waals surface area (Å²) < 4.78 is 5.27. The number of hydrogen-bond donors (Lipinski definition) is 1. The summed E-state index contributed by atoms with van der Waals surface area (Å²) in [6.07, 6.45) is 7.95. The van der Waals surface area contributed by atoms with Gasteiger partial charge >= 0.3 is 0 Å². The van der Waals surface area contributed by atoms with Crippen LogP contribution in [0.1, 0.15) is 51.0 Å². The third kappa shape index (κ3) is 3.50. The second-order valence-electron chi connectivity index (χ2n) is 5.75. The van der Waals surface area contributed by atoms with Crippen LogP contribution in [0.25, 0.3) is 0 Å². The second-order valence-corrected chi connectivity index (χ2v) is 5.75. The maximum Gasteiger partial charge on any atom is 0.118 e. The molecule has 0 unspecified atom stereocenters. The van der Waals surface area contributed by atoms with Gasteiger partial charge in [0.15, 0.2) is 0 Å². The quantitative estimate of drug-likeness (QED) is 0.784. The summed E-state index contributed by atoms with van der Waals surface area (Å²) in [4.78, 5) is 0. The molecule has 19 heavy (non-hydrogen) atoms. The van der Waals surface area contributed by atoms with E-state index in [0.29, 0.717) is 5.41 Å². The summed E-state index contributed by atoms with van der Waals surface area (Å²) in [5, 5.41) is 3.64. The first-order chi connectivity index (χ1) is 9.30. The standard InChI is InChI=1S/C17H27NO/c1-3-13-18-14-17(11-5-4-6-12-17)15-7-9-16(19-2)10-8-15/h7-10,18H,3-6,11-14H2,1-2H3. The van der Waals surface area contributed by atoms with Crippen LogP contribution in [0, 0.1) is 0 Å². The fourth-order valence-corrected chi connectivity index (χ4v) is 3.25. The molecule has 1 fully saturated rings. The Labute approximate surface area is 117 Å². The highest BCUT2D eigenvalue weighted by Crippen LogP contribution is 2.39. The van der Waals surface area contributed by atoms with E-state index in [9.17, 15) is 0 Å². The van der Waals surface area contributed by atoms with E-state index >= 15 is 0 Å². The summed E-state index contributed by atoms with van der Waals surface area (Å²) in [6, 6.07) is 8.73. The van der Waals surface area contributed by atoms with Gasteiger partial charge in [0.25, 0.3) is 0 Å². The lowest BCUT2D eigenvalue weighted by molar-refractivity contribution is 0.280. The minimum Gasteiger partial charge on any atom is -0.497 e. The molecule has 1 aromatic rings. The van der Waals surface area contributed by atoms with Gasteiger partial charge in [-0.1, -0.05) is 38.3 Å². The number of benzene rings is 1. The molecule has 0 saturated heterocycles. The molecule has 0 atom stereocenters. The molecular weight excluding hydrogens is 234 g/mol. The van der Waals surface area contributed by atoms with Gasteiger partial charge in [-0.2, -0.15) is 0 Å². The zero-order chi connectivity index (χ0) is 13.6. The Morgan fingerprint density at radius 1 is 1.11 bits per heavy atom. The molecular formula is C17H27NO. The van der Waals surface area contributed by atoms with Gasteiger partial charge in [0, 0.05) is 12.0 Å². The normalized spacial score (nSPS) is 18.2. The predicted molar refractivity (Wildman–Crippen MR) is 80.9 cm³/mol. The molecule has 0 radical (unpaired) electrons. The Kier molecular flexibility index (Phi) is 5.26. The molecule has 1 N–H and O–H groups in total. The molecule has 0 heterocycles. The Morgan fingerprint density at radius 3 is 2.37 bits per heavy atom. The SMILES string of the molecule is CCCNCC1(c2ccc(OC)cc2)CCCCC1. The van der Waals surface area contributed by atoms with Crippen LogP contribution in [-0.4, -0.2) is 20.2 Å². The van der Waals surface area contributed by atoms with Crippen molar-refractivity contribution in [1.82, 2.24) is 5.32 Å². The topological polar surface area (TPSA) is 21.3 Å². The van der Waals surface area contributed by atoms with Gasteiger partial charge < -0.3 is 10.1 Å². The van der Waals surface area contributed by atoms with E-state index in [4.69, 9.17) is 4.74 Å². The lowest BCUT2D eigenvalue weighted by Gasteiger charge is -2.38. The molecule has 1 saturated carbocycles. The van der Waals surface area contributed by atoms with E-state index in [0.717, 1.165) is 18.8 Å². The highest BCUT2D eigenvalue weighted by Gasteiger charge is 2.33.